The quantitative estimate of drug-likeness (QED) is 0.497. The second kappa shape index (κ2) is 6.66. The van der Waals surface area contributed by atoms with E-state index in [9.17, 15) is 4.79 Å². The molecule has 0 saturated heterocycles. The van der Waals surface area contributed by atoms with E-state index in [1.807, 2.05) is 30.3 Å². The number of anilines is 2. The minimum Gasteiger partial charge on any atom is -0.469 e. The van der Waals surface area contributed by atoms with Gasteiger partial charge in [0.1, 0.15) is 0 Å². The molecule has 0 aliphatic heterocycles. The van der Waals surface area contributed by atoms with Crippen LogP contribution in [0.3, 0.4) is 0 Å². The minimum atomic E-state index is -0.210. The van der Waals surface area contributed by atoms with E-state index in [0.717, 1.165) is 27.7 Å². The average Bonchev–Trinajstić information content (AvgIpc) is 3.00. The number of H-pyrrole nitrogens is 1. The number of aromatic amines is 1. The van der Waals surface area contributed by atoms with Crippen LogP contribution >= 0.6 is 0 Å². The Balaban J connectivity index is 1.91. The molecular formula is C19H21N3O2. The first-order valence-electron chi connectivity index (χ1n) is 7.87. The van der Waals surface area contributed by atoms with Gasteiger partial charge in [0.15, 0.2) is 0 Å². The molecule has 0 spiro atoms. The molecule has 0 fully saturated rings. The van der Waals surface area contributed by atoms with Crippen molar-refractivity contribution in [3.8, 4) is 0 Å². The summed E-state index contributed by atoms with van der Waals surface area (Å²) < 4.78 is 4.69. The van der Waals surface area contributed by atoms with Gasteiger partial charge >= 0.3 is 5.97 Å². The smallest absolute Gasteiger partial charge is 0.305 e. The highest BCUT2D eigenvalue weighted by Crippen LogP contribution is 2.27. The lowest BCUT2D eigenvalue weighted by Crippen LogP contribution is -2.01. The summed E-state index contributed by atoms with van der Waals surface area (Å²) in [6.07, 6.45) is 1.65. The lowest BCUT2D eigenvalue weighted by atomic mass is 9.99. The molecule has 24 heavy (non-hydrogen) atoms. The molecule has 5 N–H and O–H groups in total. The maximum Gasteiger partial charge on any atom is 0.305 e. The number of nitrogens with one attached hydrogen (secondary N) is 1. The Morgan fingerprint density at radius 1 is 1.12 bits per heavy atom. The number of methoxy groups -OCH3 is 1. The molecule has 5 heteroatoms. The molecule has 0 saturated carbocycles. The maximum absolute atomic E-state index is 11.3. The van der Waals surface area contributed by atoms with Gasteiger partial charge in [0.25, 0.3) is 0 Å². The van der Waals surface area contributed by atoms with Crippen molar-refractivity contribution < 1.29 is 9.53 Å². The zero-order valence-corrected chi connectivity index (χ0v) is 13.6. The molecule has 1 heterocycles. The Bertz CT molecular complexity index is 863. The monoisotopic (exact) mass is 323 g/mol. The van der Waals surface area contributed by atoms with Gasteiger partial charge in [-0.3, -0.25) is 4.79 Å². The fraction of sp³-hybridized carbons (Fsp3) is 0.211. The number of carbonyl (C=O) groups excluding carboxylic acids is 1. The van der Waals surface area contributed by atoms with Crippen LogP contribution in [0.1, 0.15) is 23.2 Å². The highest BCUT2D eigenvalue weighted by Gasteiger charge is 2.11. The summed E-state index contributed by atoms with van der Waals surface area (Å²) in [5.41, 5.74) is 17.7. The van der Waals surface area contributed by atoms with E-state index in [1.165, 1.54) is 7.11 Å². The topological polar surface area (TPSA) is 94.1 Å². The number of benzene rings is 2. The maximum atomic E-state index is 11.3. The third-order valence-corrected chi connectivity index (χ3v) is 4.25. The summed E-state index contributed by atoms with van der Waals surface area (Å²) in [7, 11) is 1.40. The lowest BCUT2D eigenvalue weighted by molar-refractivity contribution is -0.140. The minimum absolute atomic E-state index is 0.210. The van der Waals surface area contributed by atoms with Gasteiger partial charge in [-0.2, -0.15) is 0 Å². The van der Waals surface area contributed by atoms with Crippen LogP contribution in [0.5, 0.6) is 0 Å². The van der Waals surface area contributed by atoms with Crippen LogP contribution in [0.15, 0.2) is 42.5 Å². The third kappa shape index (κ3) is 3.20. The Labute approximate surface area is 140 Å². The lowest BCUT2D eigenvalue weighted by Gasteiger charge is -2.10. The standard InChI is InChI=1S/C19H21N3O2/c1-24-19(23)9-8-13-11-14-12(4-2-7-18(14)22-13)10-15-16(20)5-3-6-17(15)21/h2-7,11,22H,8-10,20-21H2,1H3. The van der Waals surface area contributed by atoms with Crippen LogP contribution in [0.4, 0.5) is 11.4 Å². The zero-order valence-electron chi connectivity index (χ0n) is 13.6. The number of fused-ring (bicyclic) bond motifs is 1. The van der Waals surface area contributed by atoms with Gasteiger partial charge in [-0.25, -0.2) is 0 Å². The predicted octanol–water partition coefficient (Wildman–Crippen LogP) is 3.03. The first-order chi connectivity index (χ1) is 11.6. The Kier molecular flexibility index (Phi) is 4.42. The van der Waals surface area contributed by atoms with Crippen molar-refractivity contribution in [2.24, 2.45) is 0 Å². The van der Waals surface area contributed by atoms with E-state index in [0.29, 0.717) is 30.6 Å². The van der Waals surface area contributed by atoms with Crippen molar-refractivity contribution in [2.45, 2.75) is 19.3 Å². The van der Waals surface area contributed by atoms with Crippen LogP contribution in [-0.2, 0) is 22.4 Å². The van der Waals surface area contributed by atoms with Gasteiger partial charge in [-0.15, -0.1) is 0 Å². The van der Waals surface area contributed by atoms with Crippen LogP contribution < -0.4 is 11.5 Å². The number of esters is 1. The molecule has 0 unspecified atom stereocenters. The Hall–Kier alpha value is -2.95. The van der Waals surface area contributed by atoms with E-state index >= 15 is 0 Å². The fourth-order valence-electron chi connectivity index (χ4n) is 2.92. The molecule has 5 nitrogen and oxygen atoms in total. The number of hydrogen-bond acceptors (Lipinski definition) is 4. The first kappa shape index (κ1) is 15.9. The highest BCUT2D eigenvalue weighted by molar-refractivity contribution is 5.85. The second-order valence-corrected chi connectivity index (χ2v) is 5.84. The van der Waals surface area contributed by atoms with Gasteiger partial charge in [0.2, 0.25) is 0 Å². The summed E-state index contributed by atoms with van der Waals surface area (Å²) in [5, 5.41) is 1.13. The zero-order chi connectivity index (χ0) is 17.1. The van der Waals surface area contributed by atoms with E-state index in [-0.39, 0.29) is 5.97 Å². The molecule has 0 aliphatic rings. The molecule has 3 aromatic rings. The molecule has 0 radical (unpaired) electrons. The summed E-state index contributed by atoms with van der Waals surface area (Å²) >= 11 is 0. The van der Waals surface area contributed by atoms with Crippen LogP contribution in [0.25, 0.3) is 10.9 Å². The van der Waals surface area contributed by atoms with Crippen LogP contribution in [-0.4, -0.2) is 18.1 Å². The van der Waals surface area contributed by atoms with E-state index in [4.69, 9.17) is 16.2 Å². The number of rotatable bonds is 5. The number of aryl methyl sites for hydroxylation is 1. The number of aromatic nitrogens is 1. The van der Waals surface area contributed by atoms with Gasteiger partial charge in [0.05, 0.1) is 13.5 Å². The van der Waals surface area contributed by atoms with Crippen molar-refractivity contribution in [2.75, 3.05) is 18.6 Å². The molecule has 0 aliphatic carbocycles. The summed E-state index contributed by atoms with van der Waals surface area (Å²) in [6.45, 7) is 0. The number of hydrogen-bond donors (Lipinski definition) is 3. The summed E-state index contributed by atoms with van der Waals surface area (Å²) in [6, 6.07) is 13.8. The van der Waals surface area contributed by atoms with Crippen molar-refractivity contribution in [1.29, 1.82) is 0 Å². The van der Waals surface area contributed by atoms with E-state index in [1.54, 1.807) is 0 Å². The van der Waals surface area contributed by atoms with Crippen molar-refractivity contribution in [3.05, 3.63) is 59.3 Å². The molecule has 3 rings (SSSR count). The van der Waals surface area contributed by atoms with Crippen LogP contribution in [0, 0.1) is 0 Å². The van der Waals surface area contributed by atoms with Crippen LogP contribution in [0.2, 0.25) is 0 Å². The van der Waals surface area contributed by atoms with Crippen molar-refractivity contribution >= 4 is 28.2 Å². The van der Waals surface area contributed by atoms with E-state index in [2.05, 4.69) is 17.1 Å². The number of nitrogen functional groups attached to an aromatic ring is 2. The Morgan fingerprint density at radius 3 is 2.54 bits per heavy atom. The number of ether oxygens (including phenoxy) is 1. The average molecular weight is 323 g/mol. The third-order valence-electron chi connectivity index (χ3n) is 4.25. The number of nitrogens with two attached hydrogens (primary N) is 2. The van der Waals surface area contributed by atoms with E-state index < -0.39 is 0 Å². The highest BCUT2D eigenvalue weighted by atomic mass is 16.5. The predicted molar refractivity (Wildman–Crippen MR) is 96.7 cm³/mol. The second-order valence-electron chi connectivity index (χ2n) is 5.84. The normalized spacial score (nSPS) is 10.9. The summed E-state index contributed by atoms with van der Waals surface area (Å²) in [5.74, 6) is -0.210. The van der Waals surface area contributed by atoms with Crippen molar-refractivity contribution in [1.82, 2.24) is 4.98 Å². The molecular weight excluding hydrogens is 302 g/mol. The van der Waals surface area contributed by atoms with Gasteiger partial charge in [0, 0.05) is 40.0 Å². The van der Waals surface area contributed by atoms with Gasteiger partial charge < -0.3 is 21.2 Å². The molecule has 0 amide bonds. The largest absolute Gasteiger partial charge is 0.469 e. The molecule has 2 aromatic carbocycles. The first-order valence-corrected chi connectivity index (χ1v) is 7.87. The molecule has 124 valence electrons. The molecule has 1 aromatic heterocycles. The van der Waals surface area contributed by atoms with Gasteiger partial charge in [-0.1, -0.05) is 18.2 Å². The molecule has 0 atom stereocenters. The van der Waals surface area contributed by atoms with Gasteiger partial charge in [-0.05, 0) is 36.2 Å². The number of carbonyl (C=O) groups is 1. The fourth-order valence-corrected chi connectivity index (χ4v) is 2.92. The Morgan fingerprint density at radius 2 is 1.83 bits per heavy atom. The van der Waals surface area contributed by atoms with Crippen molar-refractivity contribution in [3.63, 3.8) is 0 Å². The SMILES string of the molecule is COC(=O)CCc1cc2c(Cc3c(N)cccc3N)cccc2[nH]1. The molecule has 0 bridgehead atoms. The summed E-state index contributed by atoms with van der Waals surface area (Å²) in [4.78, 5) is 14.7.